The number of hydrogen-bond acceptors (Lipinski definition) is 3. The number of nitrogens with one attached hydrogen (secondary N) is 1. The van der Waals surface area contributed by atoms with E-state index in [1.54, 1.807) is 0 Å². The Kier molecular flexibility index (Phi) is 5.81. The van der Waals surface area contributed by atoms with Gasteiger partial charge in [0.2, 0.25) is 0 Å². The fourth-order valence-electron chi connectivity index (χ4n) is 2.13. The molecule has 2 atom stereocenters. The van der Waals surface area contributed by atoms with E-state index < -0.39 is 0 Å². The highest BCUT2D eigenvalue weighted by molar-refractivity contribution is 5.72. The fourth-order valence-corrected chi connectivity index (χ4v) is 2.13. The highest BCUT2D eigenvalue weighted by atomic mass is 16.5. The molecule has 1 saturated heterocycles. The van der Waals surface area contributed by atoms with Gasteiger partial charge in [0.1, 0.15) is 0 Å². The lowest BCUT2D eigenvalue weighted by Gasteiger charge is -2.26. The third kappa shape index (κ3) is 4.97. The molecule has 1 fully saturated rings. The summed E-state index contributed by atoms with van der Waals surface area (Å²) in [4.78, 5) is 11.7. The molecular formula is C13H25NO2. The van der Waals surface area contributed by atoms with Crippen LogP contribution in [0.2, 0.25) is 0 Å². The minimum absolute atomic E-state index is 0.0112. The second kappa shape index (κ2) is 6.89. The van der Waals surface area contributed by atoms with E-state index >= 15 is 0 Å². The van der Waals surface area contributed by atoms with Gasteiger partial charge in [-0.25, -0.2) is 0 Å². The van der Waals surface area contributed by atoms with Crippen LogP contribution in [-0.2, 0) is 9.53 Å². The first kappa shape index (κ1) is 13.5. The van der Waals surface area contributed by atoms with Crippen LogP contribution in [0.25, 0.3) is 0 Å². The summed E-state index contributed by atoms with van der Waals surface area (Å²) in [6.07, 6.45) is 3.97. The van der Waals surface area contributed by atoms with E-state index in [1.807, 2.05) is 0 Å². The summed E-state index contributed by atoms with van der Waals surface area (Å²) >= 11 is 0. The molecular weight excluding hydrogens is 202 g/mol. The molecule has 3 nitrogen and oxygen atoms in total. The molecule has 0 radical (unpaired) electrons. The normalized spacial score (nSPS) is 25.8. The van der Waals surface area contributed by atoms with Crippen LogP contribution in [0, 0.1) is 11.8 Å². The lowest BCUT2D eigenvalue weighted by molar-refractivity contribution is -0.150. The Morgan fingerprint density at radius 2 is 2.25 bits per heavy atom. The molecule has 0 aromatic rings. The average molecular weight is 227 g/mol. The SMILES string of the molecule is CC(C)CCCOC(=O)C1CCNC(C)C1. The van der Waals surface area contributed by atoms with Gasteiger partial charge in [-0.1, -0.05) is 13.8 Å². The monoisotopic (exact) mass is 227 g/mol. The van der Waals surface area contributed by atoms with Crippen LogP contribution < -0.4 is 5.32 Å². The van der Waals surface area contributed by atoms with Crippen molar-refractivity contribution in [1.29, 1.82) is 0 Å². The molecule has 2 unspecified atom stereocenters. The molecule has 0 amide bonds. The van der Waals surface area contributed by atoms with E-state index in [9.17, 15) is 4.79 Å². The lowest BCUT2D eigenvalue weighted by atomic mass is 9.93. The Morgan fingerprint density at radius 3 is 2.88 bits per heavy atom. The summed E-state index contributed by atoms with van der Waals surface area (Å²) in [5.74, 6) is 0.824. The van der Waals surface area contributed by atoms with Gasteiger partial charge in [0.25, 0.3) is 0 Å². The van der Waals surface area contributed by atoms with E-state index in [4.69, 9.17) is 4.74 Å². The average Bonchev–Trinajstić information content (AvgIpc) is 2.24. The summed E-state index contributed by atoms with van der Waals surface area (Å²) in [5.41, 5.74) is 0. The minimum atomic E-state index is 0.0112. The van der Waals surface area contributed by atoms with Crippen LogP contribution in [-0.4, -0.2) is 25.2 Å². The second-order valence-corrected chi connectivity index (χ2v) is 5.28. The molecule has 0 aromatic heterocycles. The van der Waals surface area contributed by atoms with Crippen molar-refractivity contribution in [3.63, 3.8) is 0 Å². The molecule has 0 saturated carbocycles. The molecule has 16 heavy (non-hydrogen) atoms. The van der Waals surface area contributed by atoms with Crippen LogP contribution >= 0.6 is 0 Å². The molecule has 1 aliphatic rings. The van der Waals surface area contributed by atoms with Crippen LogP contribution in [0.5, 0.6) is 0 Å². The van der Waals surface area contributed by atoms with Crippen molar-refractivity contribution in [3.8, 4) is 0 Å². The Labute approximate surface area is 98.9 Å². The van der Waals surface area contributed by atoms with E-state index in [1.165, 1.54) is 0 Å². The maximum Gasteiger partial charge on any atom is 0.309 e. The summed E-state index contributed by atoms with van der Waals surface area (Å²) < 4.78 is 5.31. The first-order valence-corrected chi connectivity index (χ1v) is 6.49. The summed E-state index contributed by atoms with van der Waals surface area (Å²) in [6.45, 7) is 8.03. The predicted octanol–water partition coefficient (Wildman–Crippen LogP) is 2.35. The Balaban J connectivity index is 2.14. The number of carbonyl (C=O) groups is 1. The molecule has 1 rings (SSSR count). The predicted molar refractivity (Wildman–Crippen MR) is 65.2 cm³/mol. The molecule has 0 bridgehead atoms. The number of carbonyl (C=O) groups excluding carboxylic acids is 1. The maximum absolute atomic E-state index is 11.7. The van der Waals surface area contributed by atoms with Gasteiger partial charge in [0.05, 0.1) is 12.5 Å². The number of piperidine rings is 1. The fraction of sp³-hybridized carbons (Fsp3) is 0.923. The zero-order valence-electron chi connectivity index (χ0n) is 10.8. The molecule has 1 N–H and O–H groups in total. The van der Waals surface area contributed by atoms with Crippen molar-refractivity contribution in [3.05, 3.63) is 0 Å². The van der Waals surface area contributed by atoms with Gasteiger partial charge in [-0.3, -0.25) is 4.79 Å². The van der Waals surface area contributed by atoms with E-state index in [2.05, 4.69) is 26.1 Å². The van der Waals surface area contributed by atoms with E-state index in [-0.39, 0.29) is 11.9 Å². The second-order valence-electron chi connectivity index (χ2n) is 5.28. The van der Waals surface area contributed by atoms with Crippen molar-refractivity contribution in [2.45, 2.75) is 52.5 Å². The number of hydrogen-bond donors (Lipinski definition) is 1. The van der Waals surface area contributed by atoms with Crippen LogP contribution in [0.1, 0.15) is 46.5 Å². The molecule has 94 valence electrons. The number of rotatable bonds is 5. The molecule has 3 heteroatoms. The summed E-state index contributed by atoms with van der Waals surface area (Å²) in [7, 11) is 0. The van der Waals surface area contributed by atoms with E-state index in [0.717, 1.165) is 32.2 Å². The largest absolute Gasteiger partial charge is 0.465 e. The smallest absolute Gasteiger partial charge is 0.309 e. The lowest BCUT2D eigenvalue weighted by Crippen LogP contribution is -2.39. The van der Waals surface area contributed by atoms with E-state index in [0.29, 0.717) is 18.6 Å². The van der Waals surface area contributed by atoms with Gasteiger partial charge in [-0.2, -0.15) is 0 Å². The van der Waals surface area contributed by atoms with Gasteiger partial charge in [-0.15, -0.1) is 0 Å². The van der Waals surface area contributed by atoms with Crippen LogP contribution in [0.3, 0.4) is 0 Å². The highest BCUT2D eigenvalue weighted by Crippen LogP contribution is 2.17. The van der Waals surface area contributed by atoms with Crippen molar-refractivity contribution >= 4 is 5.97 Å². The minimum Gasteiger partial charge on any atom is -0.465 e. The van der Waals surface area contributed by atoms with Crippen molar-refractivity contribution in [2.24, 2.45) is 11.8 Å². The number of esters is 1. The first-order chi connectivity index (χ1) is 7.59. The molecule has 0 aliphatic carbocycles. The number of ether oxygens (including phenoxy) is 1. The van der Waals surface area contributed by atoms with Gasteiger partial charge in [0.15, 0.2) is 0 Å². The van der Waals surface area contributed by atoms with Crippen molar-refractivity contribution in [1.82, 2.24) is 5.32 Å². The highest BCUT2D eigenvalue weighted by Gasteiger charge is 2.25. The summed E-state index contributed by atoms with van der Waals surface area (Å²) in [5, 5.41) is 3.34. The molecule has 0 spiro atoms. The quantitative estimate of drug-likeness (QED) is 0.579. The van der Waals surface area contributed by atoms with Gasteiger partial charge >= 0.3 is 5.97 Å². The van der Waals surface area contributed by atoms with Crippen molar-refractivity contribution < 1.29 is 9.53 Å². The van der Waals surface area contributed by atoms with Crippen molar-refractivity contribution in [2.75, 3.05) is 13.2 Å². The van der Waals surface area contributed by atoms with Gasteiger partial charge < -0.3 is 10.1 Å². The Bertz CT molecular complexity index is 216. The zero-order valence-corrected chi connectivity index (χ0v) is 10.8. The van der Waals surface area contributed by atoms with Gasteiger partial charge in [0, 0.05) is 6.04 Å². The maximum atomic E-state index is 11.7. The third-order valence-corrected chi connectivity index (χ3v) is 3.13. The Morgan fingerprint density at radius 1 is 1.50 bits per heavy atom. The Hall–Kier alpha value is -0.570. The third-order valence-electron chi connectivity index (χ3n) is 3.13. The molecule has 1 aliphatic heterocycles. The van der Waals surface area contributed by atoms with Crippen LogP contribution in [0.4, 0.5) is 0 Å². The van der Waals surface area contributed by atoms with Crippen LogP contribution in [0.15, 0.2) is 0 Å². The summed E-state index contributed by atoms with van der Waals surface area (Å²) in [6, 6.07) is 0.446. The molecule has 0 aromatic carbocycles. The first-order valence-electron chi connectivity index (χ1n) is 6.49. The van der Waals surface area contributed by atoms with Gasteiger partial charge in [-0.05, 0) is 45.1 Å². The standard InChI is InChI=1S/C13H25NO2/c1-10(2)5-4-8-16-13(15)12-6-7-14-11(3)9-12/h10-12,14H,4-9H2,1-3H3. The zero-order chi connectivity index (χ0) is 12.0. The topological polar surface area (TPSA) is 38.3 Å². The molecule has 1 heterocycles.